The maximum Gasteiger partial charge on any atom is 0.244 e. The fourth-order valence-electron chi connectivity index (χ4n) is 3.10. The van der Waals surface area contributed by atoms with Gasteiger partial charge in [-0.05, 0) is 34.4 Å². The van der Waals surface area contributed by atoms with Gasteiger partial charge in [-0.2, -0.15) is 4.31 Å². The summed E-state index contributed by atoms with van der Waals surface area (Å²) in [6.45, 7) is 13.3. The van der Waals surface area contributed by atoms with Gasteiger partial charge in [0.2, 0.25) is 10.0 Å². The summed E-state index contributed by atoms with van der Waals surface area (Å²) in [5.41, 5.74) is 3.03. The van der Waals surface area contributed by atoms with Crippen molar-refractivity contribution in [3.8, 4) is 0 Å². The van der Waals surface area contributed by atoms with E-state index in [4.69, 9.17) is 0 Å². The second-order valence-corrected chi connectivity index (χ2v) is 11.2. The number of benzene rings is 1. The van der Waals surface area contributed by atoms with Gasteiger partial charge in [0.25, 0.3) is 0 Å². The van der Waals surface area contributed by atoms with Gasteiger partial charge >= 0.3 is 0 Å². The van der Waals surface area contributed by atoms with Crippen molar-refractivity contribution in [2.75, 3.05) is 23.7 Å². The quantitative estimate of drug-likeness (QED) is 0.221. The highest BCUT2D eigenvalue weighted by molar-refractivity contribution is 9.09. The fourth-order valence-corrected chi connectivity index (χ4v) is 5.63. The molecule has 0 heterocycles. The minimum atomic E-state index is -3.66. The third kappa shape index (κ3) is 7.34. The van der Waals surface area contributed by atoms with Crippen LogP contribution < -0.4 is 0 Å². The van der Waals surface area contributed by atoms with E-state index < -0.39 is 10.0 Å². The van der Waals surface area contributed by atoms with Gasteiger partial charge in [0.05, 0.1) is 4.90 Å². The van der Waals surface area contributed by atoms with Gasteiger partial charge < -0.3 is 0 Å². The van der Waals surface area contributed by atoms with Crippen molar-refractivity contribution in [3.05, 3.63) is 53.1 Å². The minimum absolute atomic E-state index is 0.119. The van der Waals surface area contributed by atoms with Crippen LogP contribution >= 0.6 is 31.9 Å². The Balaban J connectivity index is 3.70. The van der Waals surface area contributed by atoms with E-state index in [1.807, 2.05) is 24.3 Å². The van der Waals surface area contributed by atoms with Crippen LogP contribution in [-0.4, -0.2) is 36.5 Å². The molecule has 1 aromatic rings. The predicted octanol–water partition coefficient (Wildman–Crippen LogP) is 6.95. The van der Waals surface area contributed by atoms with Crippen LogP contribution in [0.25, 0.3) is 0 Å². The zero-order valence-electron chi connectivity index (χ0n) is 18.5. The molecule has 0 saturated heterocycles. The molecule has 0 spiro atoms. The monoisotopic (exact) mass is 547 g/mol. The van der Waals surface area contributed by atoms with Gasteiger partial charge in [-0.25, -0.2) is 8.42 Å². The SMILES string of the molecule is CC(C)c1cc(C(C)C)c(S(=O)(=O)N(C/C=C/CBr)C/C=C/CBr)c(C(C)C)c1. The van der Waals surface area contributed by atoms with Crippen LogP contribution in [-0.2, 0) is 10.0 Å². The lowest BCUT2D eigenvalue weighted by molar-refractivity contribution is 0.470. The molecular weight excluding hydrogens is 514 g/mol. The first-order chi connectivity index (χ1) is 13.6. The summed E-state index contributed by atoms with van der Waals surface area (Å²) in [6, 6.07) is 4.18. The van der Waals surface area contributed by atoms with E-state index in [9.17, 15) is 8.42 Å². The number of sulfonamides is 1. The van der Waals surface area contributed by atoms with Crippen molar-refractivity contribution >= 4 is 41.9 Å². The summed E-state index contributed by atoms with van der Waals surface area (Å²) in [7, 11) is -3.66. The first-order valence-corrected chi connectivity index (χ1v) is 13.9. The average Bonchev–Trinajstić information content (AvgIpc) is 2.65. The molecular formula is C23H35Br2NO2S. The molecule has 3 nitrogen and oxygen atoms in total. The molecule has 0 aliphatic carbocycles. The molecule has 0 atom stereocenters. The summed E-state index contributed by atoms with van der Waals surface area (Å²) in [4.78, 5) is 0.492. The number of rotatable bonds is 11. The average molecular weight is 549 g/mol. The molecule has 0 saturated carbocycles. The Bertz CT molecular complexity index is 767. The highest BCUT2D eigenvalue weighted by Gasteiger charge is 2.31. The van der Waals surface area contributed by atoms with Gasteiger partial charge in [-0.1, -0.05) is 110 Å². The van der Waals surface area contributed by atoms with E-state index in [-0.39, 0.29) is 11.8 Å². The molecule has 0 bridgehead atoms. The highest BCUT2D eigenvalue weighted by atomic mass is 79.9. The van der Waals surface area contributed by atoms with E-state index in [1.165, 1.54) is 5.56 Å². The first-order valence-electron chi connectivity index (χ1n) is 10.2. The van der Waals surface area contributed by atoms with E-state index in [0.29, 0.717) is 34.6 Å². The Morgan fingerprint density at radius 1 is 0.793 bits per heavy atom. The predicted molar refractivity (Wildman–Crippen MR) is 133 cm³/mol. The maximum atomic E-state index is 13.9. The van der Waals surface area contributed by atoms with Crippen LogP contribution in [0.3, 0.4) is 0 Å². The zero-order valence-corrected chi connectivity index (χ0v) is 22.4. The van der Waals surface area contributed by atoms with E-state index in [1.54, 1.807) is 4.31 Å². The van der Waals surface area contributed by atoms with Crippen molar-refractivity contribution in [1.82, 2.24) is 4.31 Å². The lowest BCUT2D eigenvalue weighted by Crippen LogP contribution is -2.33. The van der Waals surface area contributed by atoms with Crippen LogP contribution in [0.15, 0.2) is 41.3 Å². The van der Waals surface area contributed by atoms with Crippen molar-refractivity contribution in [2.45, 2.75) is 64.2 Å². The Morgan fingerprint density at radius 2 is 1.21 bits per heavy atom. The minimum Gasteiger partial charge on any atom is -0.207 e. The summed E-state index contributed by atoms with van der Waals surface area (Å²) in [6.07, 6.45) is 7.68. The highest BCUT2D eigenvalue weighted by Crippen LogP contribution is 2.36. The normalized spacial score (nSPS) is 13.2. The molecule has 1 rings (SSSR count). The molecule has 0 N–H and O–H groups in total. The van der Waals surface area contributed by atoms with E-state index in [0.717, 1.165) is 11.1 Å². The van der Waals surface area contributed by atoms with Crippen LogP contribution in [0.1, 0.15) is 76.0 Å². The van der Waals surface area contributed by atoms with E-state index in [2.05, 4.69) is 85.5 Å². The number of alkyl halides is 2. The second kappa shape index (κ2) is 12.4. The molecule has 0 unspecified atom stereocenters. The van der Waals surface area contributed by atoms with Crippen molar-refractivity contribution < 1.29 is 8.42 Å². The van der Waals surface area contributed by atoms with Gasteiger partial charge in [0, 0.05) is 23.7 Å². The summed E-state index contributed by atoms with van der Waals surface area (Å²) in [5, 5.41) is 1.41. The Kier molecular flexibility index (Phi) is 11.4. The van der Waals surface area contributed by atoms with Crippen LogP contribution in [0.5, 0.6) is 0 Å². The van der Waals surface area contributed by atoms with Gasteiger partial charge in [0.15, 0.2) is 0 Å². The Hall–Kier alpha value is -0.430. The lowest BCUT2D eigenvalue weighted by Gasteiger charge is -2.27. The number of allylic oxidation sites excluding steroid dienone is 2. The molecule has 0 amide bonds. The van der Waals surface area contributed by atoms with Crippen LogP contribution in [0, 0.1) is 0 Å². The standard InChI is InChI=1S/C23H35Br2NO2S/c1-17(2)20-15-21(18(3)4)23(22(16-20)19(5)6)29(27,28)26(13-9-7-11-24)14-10-8-12-25/h7-10,15-19H,11-14H2,1-6H3/b9-7+,10-8+. The number of hydrogen-bond donors (Lipinski definition) is 0. The molecule has 29 heavy (non-hydrogen) atoms. The number of halogens is 2. The van der Waals surface area contributed by atoms with Crippen LogP contribution in [0.2, 0.25) is 0 Å². The molecule has 6 heteroatoms. The third-order valence-corrected chi connectivity index (χ3v) is 7.52. The third-order valence-electron chi connectivity index (χ3n) is 4.81. The summed E-state index contributed by atoms with van der Waals surface area (Å²) >= 11 is 6.73. The van der Waals surface area contributed by atoms with Crippen molar-refractivity contribution in [2.24, 2.45) is 0 Å². The van der Waals surface area contributed by atoms with Crippen molar-refractivity contribution in [1.29, 1.82) is 0 Å². The smallest absolute Gasteiger partial charge is 0.207 e. The Morgan fingerprint density at radius 3 is 1.52 bits per heavy atom. The van der Waals surface area contributed by atoms with Gasteiger partial charge in [0.1, 0.15) is 0 Å². The molecule has 1 aromatic carbocycles. The summed E-state index contributed by atoms with van der Waals surface area (Å²) < 4.78 is 29.3. The molecule has 0 aliphatic rings. The zero-order chi connectivity index (χ0) is 22.2. The van der Waals surface area contributed by atoms with E-state index >= 15 is 0 Å². The topological polar surface area (TPSA) is 37.4 Å². The van der Waals surface area contributed by atoms with Gasteiger partial charge in [-0.3, -0.25) is 0 Å². The van der Waals surface area contributed by atoms with Crippen LogP contribution in [0.4, 0.5) is 0 Å². The summed E-state index contributed by atoms with van der Waals surface area (Å²) in [5.74, 6) is 0.588. The first kappa shape index (κ1) is 26.6. The van der Waals surface area contributed by atoms with Gasteiger partial charge in [-0.15, -0.1) is 0 Å². The fraction of sp³-hybridized carbons (Fsp3) is 0.565. The maximum absolute atomic E-state index is 13.9. The molecule has 0 fully saturated rings. The largest absolute Gasteiger partial charge is 0.244 e. The molecule has 0 aliphatic heterocycles. The molecule has 0 radical (unpaired) electrons. The number of nitrogens with zero attached hydrogens (tertiary/aromatic N) is 1. The molecule has 0 aromatic heterocycles. The Labute approximate surface area is 195 Å². The number of hydrogen-bond acceptors (Lipinski definition) is 2. The lowest BCUT2D eigenvalue weighted by atomic mass is 9.89. The molecule has 164 valence electrons. The second-order valence-electron chi connectivity index (χ2n) is 8.07. The van der Waals surface area contributed by atoms with Crippen molar-refractivity contribution in [3.63, 3.8) is 0 Å².